The molecular weight excluding hydrogens is 231 g/mol. The summed E-state index contributed by atoms with van der Waals surface area (Å²) < 4.78 is 43.3. The molecule has 0 bridgehead atoms. The van der Waals surface area contributed by atoms with E-state index in [1.165, 1.54) is 12.1 Å². The maximum absolute atomic E-state index is 12.6. The smallest absolute Gasteiger partial charge is 0.418 e. The molecule has 0 unspecified atom stereocenters. The predicted octanol–water partition coefficient (Wildman–Crippen LogP) is 3.61. The SMILES string of the molecule is Nc1ccc(OC2CCCC2)cc1C(F)(F)F. The minimum atomic E-state index is -4.43. The van der Waals surface area contributed by atoms with Crippen LogP contribution >= 0.6 is 0 Å². The number of halogens is 3. The van der Waals surface area contributed by atoms with Gasteiger partial charge in [-0.2, -0.15) is 13.2 Å². The molecule has 0 radical (unpaired) electrons. The molecular formula is C12H14F3NO. The maximum atomic E-state index is 12.6. The van der Waals surface area contributed by atoms with Crippen molar-refractivity contribution < 1.29 is 17.9 Å². The van der Waals surface area contributed by atoms with Crippen LogP contribution in [0.25, 0.3) is 0 Å². The number of alkyl halides is 3. The standard InChI is InChI=1S/C12H14F3NO/c13-12(14,15)10-7-9(5-6-11(10)16)17-8-3-1-2-4-8/h5-8H,1-4,16H2. The Morgan fingerprint density at radius 2 is 1.82 bits per heavy atom. The molecule has 0 amide bonds. The molecule has 0 aliphatic heterocycles. The van der Waals surface area contributed by atoms with Crippen molar-refractivity contribution in [1.29, 1.82) is 0 Å². The van der Waals surface area contributed by atoms with Gasteiger partial charge in [0.2, 0.25) is 0 Å². The molecule has 0 aromatic heterocycles. The minimum Gasteiger partial charge on any atom is -0.490 e. The average molecular weight is 245 g/mol. The van der Waals surface area contributed by atoms with Gasteiger partial charge in [-0.25, -0.2) is 0 Å². The number of anilines is 1. The van der Waals surface area contributed by atoms with E-state index in [1.807, 2.05) is 0 Å². The highest BCUT2D eigenvalue weighted by molar-refractivity contribution is 5.52. The summed E-state index contributed by atoms with van der Waals surface area (Å²) in [6.07, 6.45) is -0.423. The van der Waals surface area contributed by atoms with Gasteiger partial charge in [-0.05, 0) is 43.9 Å². The van der Waals surface area contributed by atoms with Gasteiger partial charge in [0.15, 0.2) is 0 Å². The van der Waals surface area contributed by atoms with Crippen LogP contribution in [0, 0.1) is 0 Å². The van der Waals surface area contributed by atoms with Crippen LogP contribution in [0.15, 0.2) is 18.2 Å². The van der Waals surface area contributed by atoms with Gasteiger partial charge in [0.25, 0.3) is 0 Å². The lowest BCUT2D eigenvalue weighted by atomic mass is 10.1. The molecule has 0 spiro atoms. The van der Waals surface area contributed by atoms with Crippen molar-refractivity contribution >= 4 is 5.69 Å². The third-order valence-corrected chi connectivity index (χ3v) is 2.94. The van der Waals surface area contributed by atoms with Crippen molar-refractivity contribution in [2.75, 3.05) is 5.73 Å². The lowest BCUT2D eigenvalue weighted by Crippen LogP contribution is -2.13. The van der Waals surface area contributed by atoms with Crippen molar-refractivity contribution in [3.63, 3.8) is 0 Å². The van der Waals surface area contributed by atoms with E-state index in [-0.39, 0.29) is 17.5 Å². The Kier molecular flexibility index (Phi) is 3.17. The molecule has 2 N–H and O–H groups in total. The fourth-order valence-corrected chi connectivity index (χ4v) is 2.05. The van der Waals surface area contributed by atoms with Crippen LogP contribution in [0.1, 0.15) is 31.2 Å². The second kappa shape index (κ2) is 4.47. The molecule has 17 heavy (non-hydrogen) atoms. The number of ether oxygens (including phenoxy) is 1. The zero-order valence-electron chi connectivity index (χ0n) is 9.26. The lowest BCUT2D eigenvalue weighted by Gasteiger charge is -2.16. The number of nitrogen functional groups attached to an aromatic ring is 1. The lowest BCUT2D eigenvalue weighted by molar-refractivity contribution is -0.137. The molecule has 1 aromatic carbocycles. The largest absolute Gasteiger partial charge is 0.490 e. The summed E-state index contributed by atoms with van der Waals surface area (Å²) in [6, 6.07) is 3.71. The molecule has 0 saturated heterocycles. The van der Waals surface area contributed by atoms with Crippen LogP contribution in [0.5, 0.6) is 5.75 Å². The van der Waals surface area contributed by atoms with Crippen LogP contribution in [0.4, 0.5) is 18.9 Å². The number of hydrogen-bond donors (Lipinski definition) is 1. The molecule has 2 rings (SSSR count). The Labute approximate surface area is 97.6 Å². The van der Waals surface area contributed by atoms with E-state index < -0.39 is 11.7 Å². The molecule has 2 nitrogen and oxygen atoms in total. The summed E-state index contributed by atoms with van der Waals surface area (Å²) in [6.45, 7) is 0. The molecule has 0 heterocycles. The van der Waals surface area contributed by atoms with E-state index in [0.29, 0.717) is 0 Å². The molecule has 5 heteroatoms. The van der Waals surface area contributed by atoms with E-state index in [1.54, 1.807) is 0 Å². The van der Waals surface area contributed by atoms with E-state index >= 15 is 0 Å². The Morgan fingerprint density at radius 3 is 2.41 bits per heavy atom. The van der Waals surface area contributed by atoms with Gasteiger partial charge in [-0.15, -0.1) is 0 Å². The highest BCUT2D eigenvalue weighted by Crippen LogP contribution is 2.36. The Hall–Kier alpha value is -1.39. The van der Waals surface area contributed by atoms with Crippen molar-refractivity contribution in [1.82, 2.24) is 0 Å². The molecule has 1 fully saturated rings. The molecule has 1 aromatic rings. The predicted molar refractivity (Wildman–Crippen MR) is 58.7 cm³/mol. The number of hydrogen-bond acceptors (Lipinski definition) is 2. The normalized spacial score (nSPS) is 17.4. The number of nitrogens with two attached hydrogens (primary N) is 1. The summed E-state index contributed by atoms with van der Waals surface area (Å²) in [5.74, 6) is 0.249. The highest BCUT2D eigenvalue weighted by Gasteiger charge is 2.33. The third kappa shape index (κ3) is 2.84. The van der Waals surface area contributed by atoms with Crippen LogP contribution in [0.2, 0.25) is 0 Å². The first-order valence-corrected chi connectivity index (χ1v) is 5.60. The van der Waals surface area contributed by atoms with Crippen LogP contribution in [0.3, 0.4) is 0 Å². The van der Waals surface area contributed by atoms with Crippen molar-refractivity contribution in [2.24, 2.45) is 0 Å². The van der Waals surface area contributed by atoms with Gasteiger partial charge in [-0.1, -0.05) is 0 Å². The van der Waals surface area contributed by atoms with Gasteiger partial charge in [-0.3, -0.25) is 0 Å². The third-order valence-electron chi connectivity index (χ3n) is 2.94. The molecule has 1 aliphatic carbocycles. The highest BCUT2D eigenvalue weighted by atomic mass is 19.4. The van der Waals surface area contributed by atoms with E-state index in [4.69, 9.17) is 10.5 Å². The average Bonchev–Trinajstić information content (AvgIpc) is 2.72. The van der Waals surface area contributed by atoms with Crippen molar-refractivity contribution in [3.05, 3.63) is 23.8 Å². The summed E-state index contributed by atoms with van der Waals surface area (Å²) in [5, 5.41) is 0. The van der Waals surface area contributed by atoms with Crippen molar-refractivity contribution in [2.45, 2.75) is 38.0 Å². The zero-order valence-corrected chi connectivity index (χ0v) is 9.26. The molecule has 1 saturated carbocycles. The summed E-state index contributed by atoms with van der Waals surface area (Å²) >= 11 is 0. The first-order valence-electron chi connectivity index (χ1n) is 5.60. The van der Waals surface area contributed by atoms with Gasteiger partial charge >= 0.3 is 6.18 Å². The second-order valence-electron chi connectivity index (χ2n) is 4.27. The topological polar surface area (TPSA) is 35.2 Å². The maximum Gasteiger partial charge on any atom is 0.418 e. The van der Waals surface area contributed by atoms with E-state index in [2.05, 4.69) is 0 Å². The van der Waals surface area contributed by atoms with Crippen LogP contribution in [-0.4, -0.2) is 6.10 Å². The van der Waals surface area contributed by atoms with Gasteiger partial charge < -0.3 is 10.5 Å². The van der Waals surface area contributed by atoms with Crippen LogP contribution < -0.4 is 10.5 Å². The quantitative estimate of drug-likeness (QED) is 0.808. The minimum absolute atomic E-state index is 0.0414. The number of rotatable bonds is 2. The summed E-state index contributed by atoms with van der Waals surface area (Å²) in [7, 11) is 0. The first-order chi connectivity index (χ1) is 7.97. The second-order valence-corrected chi connectivity index (χ2v) is 4.27. The molecule has 94 valence electrons. The van der Waals surface area contributed by atoms with Gasteiger partial charge in [0, 0.05) is 5.69 Å². The Balaban J connectivity index is 2.18. The van der Waals surface area contributed by atoms with Gasteiger partial charge in [0.05, 0.1) is 11.7 Å². The summed E-state index contributed by atoms with van der Waals surface area (Å²) in [4.78, 5) is 0. The summed E-state index contributed by atoms with van der Waals surface area (Å²) in [5.41, 5.74) is 4.21. The van der Waals surface area contributed by atoms with Crippen molar-refractivity contribution in [3.8, 4) is 5.75 Å². The molecule has 0 atom stereocenters. The van der Waals surface area contributed by atoms with Gasteiger partial charge in [0.1, 0.15) is 5.75 Å². The monoisotopic (exact) mass is 245 g/mol. The van der Waals surface area contributed by atoms with Crippen LogP contribution in [-0.2, 0) is 6.18 Å². The zero-order chi connectivity index (χ0) is 12.5. The fraction of sp³-hybridized carbons (Fsp3) is 0.500. The Bertz CT molecular complexity index is 397. The van der Waals surface area contributed by atoms with E-state index in [0.717, 1.165) is 31.7 Å². The number of benzene rings is 1. The van der Waals surface area contributed by atoms with E-state index in [9.17, 15) is 13.2 Å². The molecule has 1 aliphatic rings. The fourth-order valence-electron chi connectivity index (χ4n) is 2.05. The Morgan fingerprint density at radius 1 is 1.18 bits per heavy atom. The first kappa shape index (κ1) is 12.1.